The monoisotopic (exact) mass is 316 g/mol. The number of nitrogens with zero attached hydrogens (tertiary/aromatic N) is 2. The second-order valence-electron chi connectivity index (χ2n) is 4.89. The molecule has 0 fully saturated rings. The van der Waals surface area contributed by atoms with Gasteiger partial charge in [0.1, 0.15) is 17.1 Å². The predicted octanol–water partition coefficient (Wildman–Crippen LogP) is 3.70. The summed E-state index contributed by atoms with van der Waals surface area (Å²) in [5, 5.41) is 7.74. The molecule has 0 unspecified atom stereocenters. The maximum absolute atomic E-state index is 12.9. The van der Waals surface area contributed by atoms with Crippen LogP contribution < -0.4 is 0 Å². The highest BCUT2D eigenvalue weighted by Crippen LogP contribution is 2.23. The van der Waals surface area contributed by atoms with Gasteiger partial charge in [0.25, 0.3) is 5.89 Å². The highest BCUT2D eigenvalue weighted by molar-refractivity contribution is 5.90. The van der Waals surface area contributed by atoms with E-state index in [0.29, 0.717) is 16.9 Å². The maximum atomic E-state index is 12.9. The molecule has 0 aliphatic rings. The number of carbonyl (C=O) groups excluding carboxylic acids is 1. The normalized spacial score (nSPS) is 12.1. The van der Waals surface area contributed by atoms with Gasteiger partial charge in [0.15, 0.2) is 6.10 Å². The van der Waals surface area contributed by atoms with E-state index in [1.165, 1.54) is 36.6 Å². The lowest BCUT2D eigenvalue weighted by Crippen LogP contribution is -2.09. The molecule has 0 aliphatic carbocycles. The minimum atomic E-state index is -0.724. The number of carbonyl (C=O) groups is 1. The molecule has 0 amide bonds. The van der Waals surface area contributed by atoms with Gasteiger partial charge in [0.2, 0.25) is 5.89 Å². The van der Waals surface area contributed by atoms with Gasteiger partial charge in [-0.25, -0.2) is 9.18 Å². The van der Waals surface area contributed by atoms with Gasteiger partial charge in [0, 0.05) is 5.56 Å². The largest absolute Gasteiger partial charge is 0.469 e. The van der Waals surface area contributed by atoms with E-state index >= 15 is 0 Å². The molecule has 2 heterocycles. The fourth-order valence-corrected chi connectivity index (χ4v) is 1.98. The number of ether oxygens (including phenoxy) is 1. The fraction of sp³-hybridized carbons (Fsp3) is 0.188. The second kappa shape index (κ2) is 6.04. The van der Waals surface area contributed by atoms with E-state index in [0.717, 1.165) is 0 Å². The summed E-state index contributed by atoms with van der Waals surface area (Å²) in [5.41, 5.74) is 0.921. The van der Waals surface area contributed by atoms with Crippen molar-refractivity contribution < 1.29 is 22.8 Å². The Kier molecular flexibility index (Phi) is 3.92. The van der Waals surface area contributed by atoms with Crippen LogP contribution in [-0.2, 0) is 4.74 Å². The molecule has 23 heavy (non-hydrogen) atoms. The van der Waals surface area contributed by atoms with Crippen molar-refractivity contribution >= 4 is 5.97 Å². The summed E-state index contributed by atoms with van der Waals surface area (Å²) in [6.07, 6.45) is 0.689. The van der Waals surface area contributed by atoms with E-state index in [-0.39, 0.29) is 17.6 Å². The molecule has 0 aliphatic heterocycles. The summed E-state index contributed by atoms with van der Waals surface area (Å²) in [6, 6.07) is 7.17. The van der Waals surface area contributed by atoms with E-state index in [9.17, 15) is 9.18 Å². The van der Waals surface area contributed by atoms with Gasteiger partial charge in [-0.05, 0) is 44.2 Å². The van der Waals surface area contributed by atoms with Crippen molar-refractivity contribution in [2.24, 2.45) is 0 Å². The number of benzene rings is 1. The zero-order valence-electron chi connectivity index (χ0n) is 12.4. The van der Waals surface area contributed by atoms with Crippen LogP contribution in [0.4, 0.5) is 4.39 Å². The van der Waals surface area contributed by atoms with Crippen LogP contribution in [0, 0.1) is 12.7 Å². The van der Waals surface area contributed by atoms with Crippen LogP contribution >= 0.6 is 0 Å². The molecule has 6 nitrogen and oxygen atoms in total. The number of furan rings is 1. The summed E-state index contributed by atoms with van der Waals surface area (Å²) < 4.78 is 28.7. The maximum Gasteiger partial charge on any atom is 0.342 e. The van der Waals surface area contributed by atoms with Crippen molar-refractivity contribution in [3.8, 4) is 11.5 Å². The van der Waals surface area contributed by atoms with Crippen LogP contribution in [0.1, 0.15) is 35.0 Å². The van der Waals surface area contributed by atoms with Gasteiger partial charge in [-0.1, -0.05) is 0 Å². The van der Waals surface area contributed by atoms with Crippen LogP contribution in [0.3, 0.4) is 0 Å². The lowest BCUT2D eigenvalue weighted by Gasteiger charge is -2.08. The minimum Gasteiger partial charge on any atom is -0.469 e. The molecular formula is C16H13FN2O4. The van der Waals surface area contributed by atoms with Crippen LogP contribution in [0.15, 0.2) is 45.4 Å². The van der Waals surface area contributed by atoms with Gasteiger partial charge < -0.3 is 13.6 Å². The Bertz CT molecular complexity index is 823. The molecule has 7 heteroatoms. The molecule has 0 bridgehead atoms. The van der Waals surface area contributed by atoms with Crippen LogP contribution in [0.5, 0.6) is 0 Å². The van der Waals surface area contributed by atoms with Crippen molar-refractivity contribution in [3.63, 3.8) is 0 Å². The van der Waals surface area contributed by atoms with Gasteiger partial charge in [0.05, 0.1) is 6.26 Å². The van der Waals surface area contributed by atoms with E-state index in [2.05, 4.69) is 10.2 Å². The third-order valence-corrected chi connectivity index (χ3v) is 3.24. The SMILES string of the molecule is Cc1occc1C(=O)O[C@@H](C)c1nnc(-c2ccc(F)cc2)o1. The summed E-state index contributed by atoms with van der Waals surface area (Å²) in [4.78, 5) is 12.0. The van der Waals surface area contributed by atoms with Crippen molar-refractivity contribution in [3.05, 3.63) is 59.6 Å². The number of hydrogen-bond donors (Lipinski definition) is 0. The minimum absolute atomic E-state index is 0.152. The van der Waals surface area contributed by atoms with Gasteiger partial charge >= 0.3 is 5.97 Å². The highest BCUT2D eigenvalue weighted by Gasteiger charge is 2.21. The first-order valence-electron chi connectivity index (χ1n) is 6.89. The first-order chi connectivity index (χ1) is 11.0. The zero-order chi connectivity index (χ0) is 16.4. The van der Waals surface area contributed by atoms with Crippen molar-refractivity contribution in [2.45, 2.75) is 20.0 Å². The third-order valence-electron chi connectivity index (χ3n) is 3.24. The average Bonchev–Trinajstić information content (AvgIpc) is 3.17. The Balaban J connectivity index is 1.73. The topological polar surface area (TPSA) is 78.4 Å². The lowest BCUT2D eigenvalue weighted by atomic mass is 10.2. The first-order valence-corrected chi connectivity index (χ1v) is 6.89. The standard InChI is InChI=1S/C16H13FN2O4/c1-9-13(7-8-21-9)16(20)22-10(2)14-18-19-15(23-14)11-3-5-12(17)6-4-11/h3-8,10H,1-2H3/t10-/m0/s1. The number of esters is 1. The molecule has 1 aromatic carbocycles. The zero-order valence-corrected chi connectivity index (χ0v) is 12.4. The fourth-order valence-electron chi connectivity index (χ4n) is 1.98. The van der Waals surface area contributed by atoms with E-state index < -0.39 is 12.1 Å². The Morgan fingerprint density at radius 3 is 2.61 bits per heavy atom. The quantitative estimate of drug-likeness (QED) is 0.683. The van der Waals surface area contributed by atoms with E-state index in [4.69, 9.17) is 13.6 Å². The van der Waals surface area contributed by atoms with Gasteiger partial charge in [-0.15, -0.1) is 10.2 Å². The van der Waals surface area contributed by atoms with Crippen molar-refractivity contribution in [2.75, 3.05) is 0 Å². The number of aryl methyl sites for hydroxylation is 1. The molecule has 3 rings (SSSR count). The number of aromatic nitrogens is 2. The predicted molar refractivity (Wildman–Crippen MR) is 77.0 cm³/mol. The number of halogens is 1. The smallest absolute Gasteiger partial charge is 0.342 e. The molecule has 0 N–H and O–H groups in total. The average molecular weight is 316 g/mol. The third kappa shape index (κ3) is 3.13. The molecule has 118 valence electrons. The Labute approximate surface area is 130 Å². The molecule has 0 radical (unpaired) electrons. The van der Waals surface area contributed by atoms with Crippen molar-refractivity contribution in [1.82, 2.24) is 10.2 Å². The highest BCUT2D eigenvalue weighted by atomic mass is 19.1. The molecule has 3 aromatic rings. The summed E-state index contributed by atoms with van der Waals surface area (Å²) in [6.45, 7) is 3.29. The van der Waals surface area contributed by atoms with E-state index in [1.54, 1.807) is 13.8 Å². The number of hydrogen-bond acceptors (Lipinski definition) is 6. The summed E-state index contributed by atoms with van der Waals surface area (Å²) in [7, 11) is 0. The van der Waals surface area contributed by atoms with Crippen molar-refractivity contribution in [1.29, 1.82) is 0 Å². The van der Waals surface area contributed by atoms with Gasteiger partial charge in [-0.2, -0.15) is 0 Å². The van der Waals surface area contributed by atoms with E-state index in [1.807, 2.05) is 0 Å². The first kappa shape index (κ1) is 15.0. The van der Waals surface area contributed by atoms with Gasteiger partial charge in [-0.3, -0.25) is 0 Å². The Hall–Kier alpha value is -2.96. The molecule has 1 atom stereocenters. The molecule has 0 saturated carbocycles. The lowest BCUT2D eigenvalue weighted by molar-refractivity contribution is 0.0278. The second-order valence-corrected chi connectivity index (χ2v) is 4.89. The number of rotatable bonds is 4. The molecule has 2 aromatic heterocycles. The molecular weight excluding hydrogens is 303 g/mol. The summed E-state index contributed by atoms with van der Waals surface area (Å²) >= 11 is 0. The Morgan fingerprint density at radius 2 is 1.96 bits per heavy atom. The molecule has 0 saturated heterocycles. The Morgan fingerprint density at radius 1 is 1.22 bits per heavy atom. The molecule has 0 spiro atoms. The van der Waals surface area contributed by atoms with Crippen LogP contribution in [0.2, 0.25) is 0 Å². The van der Waals surface area contributed by atoms with Crippen LogP contribution in [-0.4, -0.2) is 16.2 Å². The summed E-state index contributed by atoms with van der Waals surface area (Å²) in [5.74, 6) is -0.0440. The van der Waals surface area contributed by atoms with Crippen LogP contribution in [0.25, 0.3) is 11.5 Å².